The number of aromatic nitrogens is 1. The lowest BCUT2D eigenvalue weighted by atomic mass is 9.95. The van der Waals surface area contributed by atoms with Gasteiger partial charge in [-0.25, -0.2) is 0 Å². The highest BCUT2D eigenvalue weighted by Crippen LogP contribution is 2.50. The highest BCUT2D eigenvalue weighted by molar-refractivity contribution is 5.86. The van der Waals surface area contributed by atoms with Gasteiger partial charge in [0.1, 0.15) is 6.04 Å². The van der Waals surface area contributed by atoms with E-state index in [1.165, 1.54) is 13.0 Å². The minimum atomic E-state index is -0.672. The Hall–Kier alpha value is -4.60. The Balaban J connectivity index is 1.81. The van der Waals surface area contributed by atoms with Crippen LogP contribution in [-0.4, -0.2) is 44.2 Å². The molecular formula is C32H38N4O6. The van der Waals surface area contributed by atoms with E-state index < -0.39 is 12.1 Å². The molecule has 0 aliphatic heterocycles. The van der Waals surface area contributed by atoms with Crippen LogP contribution in [0.25, 0.3) is 11.1 Å². The Kier molecular flexibility index (Phi) is 9.67. The molecule has 1 aliphatic rings. The first-order valence-corrected chi connectivity index (χ1v) is 13.9. The van der Waals surface area contributed by atoms with Gasteiger partial charge in [0.2, 0.25) is 23.0 Å². The van der Waals surface area contributed by atoms with E-state index in [9.17, 15) is 14.4 Å². The quantitative estimate of drug-likeness (QED) is 0.332. The predicted molar refractivity (Wildman–Crippen MR) is 161 cm³/mol. The standard InChI is InChI=1S/C32H38N4O6/c1-18(2)29(32(39)34-17-20-8-7-13-33-16-20)36-25-12-10-22-23(15-26(25)38)24(35-19(3)37)11-9-21-14-27(40-4)30(41-5)31(42-6)28(21)22/h7-8,10,12-16,18,24,29H,9,11,17H2,1-6H3,(H,34,39)(H,35,37)(H,36,38)/t24-,29-/m0/s1. The summed E-state index contributed by atoms with van der Waals surface area (Å²) in [4.78, 5) is 43.2. The molecule has 0 saturated heterocycles. The van der Waals surface area contributed by atoms with Crippen LogP contribution in [0.15, 0.2) is 53.6 Å². The molecule has 0 fully saturated rings. The van der Waals surface area contributed by atoms with Crippen LogP contribution in [0.1, 0.15) is 49.9 Å². The molecule has 1 heterocycles. The van der Waals surface area contributed by atoms with Crippen LogP contribution in [0.4, 0.5) is 5.69 Å². The van der Waals surface area contributed by atoms with Gasteiger partial charge in [0.05, 0.1) is 33.1 Å². The van der Waals surface area contributed by atoms with E-state index in [4.69, 9.17) is 14.2 Å². The van der Waals surface area contributed by atoms with Crippen molar-refractivity contribution in [2.45, 2.75) is 52.2 Å². The van der Waals surface area contributed by atoms with Crippen LogP contribution < -0.4 is 35.6 Å². The first-order chi connectivity index (χ1) is 20.2. The van der Waals surface area contributed by atoms with Crippen LogP contribution in [0.3, 0.4) is 0 Å². The molecule has 42 heavy (non-hydrogen) atoms. The molecule has 0 spiro atoms. The van der Waals surface area contributed by atoms with Gasteiger partial charge in [-0.3, -0.25) is 19.4 Å². The minimum Gasteiger partial charge on any atom is -0.493 e. The maximum absolute atomic E-state index is 13.7. The summed E-state index contributed by atoms with van der Waals surface area (Å²) in [6.45, 7) is 5.60. The fourth-order valence-electron chi connectivity index (χ4n) is 5.33. The van der Waals surface area contributed by atoms with Gasteiger partial charge < -0.3 is 30.2 Å². The maximum Gasteiger partial charge on any atom is 0.243 e. The summed E-state index contributed by atoms with van der Waals surface area (Å²) in [5.74, 6) is 0.866. The second-order valence-electron chi connectivity index (χ2n) is 10.5. The molecule has 222 valence electrons. The number of nitrogens with zero attached hydrogens (tertiary/aromatic N) is 1. The van der Waals surface area contributed by atoms with Gasteiger partial charge >= 0.3 is 0 Å². The topological polar surface area (TPSA) is 128 Å². The lowest BCUT2D eigenvalue weighted by molar-refractivity contribution is -0.123. The fourth-order valence-corrected chi connectivity index (χ4v) is 5.33. The van der Waals surface area contributed by atoms with E-state index in [1.807, 2.05) is 38.1 Å². The molecule has 1 aromatic heterocycles. The molecule has 4 rings (SSSR count). The van der Waals surface area contributed by atoms with Crippen molar-refractivity contribution in [3.05, 3.63) is 75.7 Å². The zero-order valence-corrected chi connectivity index (χ0v) is 24.9. The molecule has 2 atom stereocenters. The van der Waals surface area contributed by atoms with Gasteiger partial charge in [-0.15, -0.1) is 0 Å². The number of methoxy groups -OCH3 is 3. The summed E-state index contributed by atoms with van der Waals surface area (Å²) in [5.41, 5.74) is 3.88. The van der Waals surface area contributed by atoms with Crippen LogP contribution in [0.2, 0.25) is 0 Å². The molecule has 0 bridgehead atoms. The number of fused-ring (bicyclic) bond motifs is 3. The summed E-state index contributed by atoms with van der Waals surface area (Å²) < 4.78 is 17.1. The van der Waals surface area contributed by atoms with Crippen molar-refractivity contribution >= 4 is 17.5 Å². The van der Waals surface area contributed by atoms with Crippen LogP contribution in [0, 0.1) is 5.92 Å². The first-order valence-electron chi connectivity index (χ1n) is 13.9. The van der Waals surface area contributed by atoms with Crippen molar-refractivity contribution in [3.63, 3.8) is 0 Å². The molecular weight excluding hydrogens is 536 g/mol. The zero-order chi connectivity index (χ0) is 30.4. The summed E-state index contributed by atoms with van der Waals surface area (Å²) >= 11 is 0. The third-order valence-electron chi connectivity index (χ3n) is 7.37. The number of rotatable bonds is 10. The van der Waals surface area contributed by atoms with Crippen molar-refractivity contribution < 1.29 is 23.8 Å². The molecule has 0 radical (unpaired) electrons. The van der Waals surface area contributed by atoms with Gasteiger partial charge in [-0.1, -0.05) is 26.0 Å². The number of carbonyl (C=O) groups is 2. The lowest BCUT2D eigenvalue weighted by Crippen LogP contribution is -2.43. The van der Waals surface area contributed by atoms with Crippen LogP contribution >= 0.6 is 0 Å². The van der Waals surface area contributed by atoms with Gasteiger partial charge in [-0.05, 0) is 65.3 Å². The van der Waals surface area contributed by atoms with E-state index in [0.717, 1.165) is 16.7 Å². The number of pyridine rings is 1. The Morgan fingerprint density at radius 3 is 2.43 bits per heavy atom. The maximum atomic E-state index is 13.7. The average molecular weight is 575 g/mol. The molecule has 3 aromatic rings. The molecule has 0 unspecified atom stereocenters. The van der Waals surface area contributed by atoms with E-state index >= 15 is 0 Å². The van der Waals surface area contributed by atoms with Gasteiger partial charge in [0.25, 0.3) is 0 Å². The summed E-state index contributed by atoms with van der Waals surface area (Å²) in [6.07, 6.45) is 4.52. The summed E-state index contributed by atoms with van der Waals surface area (Å²) in [5, 5.41) is 9.13. The molecule has 3 N–H and O–H groups in total. The predicted octanol–water partition coefficient (Wildman–Crippen LogP) is 4.01. The van der Waals surface area contributed by atoms with Gasteiger partial charge in [-0.2, -0.15) is 0 Å². The van der Waals surface area contributed by atoms with Crippen molar-refractivity contribution in [3.8, 4) is 28.4 Å². The van der Waals surface area contributed by atoms with Gasteiger partial charge in [0.15, 0.2) is 11.5 Å². The molecule has 1 aliphatic carbocycles. The van der Waals surface area contributed by atoms with Crippen molar-refractivity contribution in [2.75, 3.05) is 26.6 Å². The smallest absolute Gasteiger partial charge is 0.243 e. The summed E-state index contributed by atoms with van der Waals surface area (Å²) in [6, 6.07) is 9.55. The van der Waals surface area contributed by atoms with E-state index in [1.54, 1.807) is 39.8 Å². The molecule has 10 nitrogen and oxygen atoms in total. The Morgan fingerprint density at radius 1 is 1.05 bits per heavy atom. The third-order valence-corrected chi connectivity index (χ3v) is 7.37. The van der Waals surface area contributed by atoms with Crippen molar-refractivity contribution in [1.29, 1.82) is 0 Å². The SMILES string of the molecule is COc1cc2c(c(OC)c1OC)-c1ccc(N[C@H](C(=O)NCc3cccnc3)C(C)C)c(=O)cc1[C@@H](NC(C)=O)CC2. The number of hydrogen-bond donors (Lipinski definition) is 3. The lowest BCUT2D eigenvalue weighted by Gasteiger charge is -2.22. The number of aryl methyl sites for hydroxylation is 1. The number of benzene rings is 1. The van der Waals surface area contributed by atoms with Crippen LogP contribution in [-0.2, 0) is 22.6 Å². The number of anilines is 1. The van der Waals surface area contributed by atoms with Gasteiger partial charge in [0, 0.05) is 31.4 Å². The average Bonchev–Trinajstić information content (AvgIpc) is 3.22. The molecule has 0 saturated carbocycles. The highest BCUT2D eigenvalue weighted by Gasteiger charge is 2.30. The minimum absolute atomic E-state index is 0.119. The van der Waals surface area contributed by atoms with Crippen molar-refractivity contribution in [1.82, 2.24) is 15.6 Å². The highest BCUT2D eigenvalue weighted by atomic mass is 16.5. The molecule has 2 amide bonds. The Bertz CT molecular complexity index is 1510. The monoisotopic (exact) mass is 574 g/mol. The number of carbonyl (C=O) groups excluding carboxylic acids is 2. The normalized spacial score (nSPS) is 14.5. The summed E-state index contributed by atoms with van der Waals surface area (Å²) in [7, 11) is 4.66. The Morgan fingerprint density at radius 2 is 1.81 bits per heavy atom. The van der Waals surface area contributed by atoms with E-state index in [0.29, 0.717) is 47.8 Å². The number of amides is 2. The first kappa shape index (κ1) is 30.4. The van der Waals surface area contributed by atoms with E-state index in [2.05, 4.69) is 20.9 Å². The molecule has 10 heteroatoms. The number of nitrogens with one attached hydrogen (secondary N) is 3. The number of hydrogen-bond acceptors (Lipinski definition) is 8. The largest absolute Gasteiger partial charge is 0.493 e. The third kappa shape index (κ3) is 6.48. The zero-order valence-electron chi connectivity index (χ0n) is 24.9. The van der Waals surface area contributed by atoms with Crippen molar-refractivity contribution in [2.24, 2.45) is 5.92 Å². The van der Waals surface area contributed by atoms with E-state index in [-0.39, 0.29) is 28.8 Å². The second-order valence-corrected chi connectivity index (χ2v) is 10.5. The fraction of sp³-hybridized carbons (Fsp3) is 0.375. The Labute approximate surface area is 245 Å². The number of ether oxygens (including phenoxy) is 3. The van der Waals surface area contributed by atoms with Crippen LogP contribution in [0.5, 0.6) is 17.2 Å². The second kappa shape index (κ2) is 13.4. The molecule has 2 aromatic carbocycles.